The highest BCUT2D eigenvalue weighted by atomic mass is 16.5. The molecular weight excluding hydrogens is 250 g/mol. The lowest BCUT2D eigenvalue weighted by molar-refractivity contribution is 0.0123. The molecule has 0 aliphatic carbocycles. The van der Waals surface area contributed by atoms with Crippen molar-refractivity contribution >= 4 is 6.29 Å². The van der Waals surface area contributed by atoms with E-state index in [2.05, 4.69) is 0 Å². The summed E-state index contributed by atoms with van der Waals surface area (Å²) >= 11 is 0. The molecule has 0 heterocycles. The Bertz CT molecular complexity index is 410. The molecule has 2 atom stereocenters. The third-order valence-electron chi connectivity index (χ3n) is 2.83. The number of benzene rings is 1. The van der Waals surface area contributed by atoms with Gasteiger partial charge in [-0.2, -0.15) is 0 Å². The number of hydrogen-bond acceptors (Lipinski definition) is 6. The zero-order valence-corrected chi connectivity index (χ0v) is 11.0. The minimum Gasteiger partial charge on any atom is -0.496 e. The molecule has 19 heavy (non-hydrogen) atoms. The van der Waals surface area contributed by atoms with Crippen LogP contribution in [0.15, 0.2) is 12.1 Å². The van der Waals surface area contributed by atoms with Crippen LogP contribution in [0.5, 0.6) is 11.5 Å². The molecule has 2 unspecified atom stereocenters. The molecule has 0 spiro atoms. The molecular formula is C13H19NO5. The van der Waals surface area contributed by atoms with Gasteiger partial charge in [-0.15, -0.1) is 0 Å². The Balaban J connectivity index is 3.26. The third kappa shape index (κ3) is 3.44. The molecule has 6 nitrogen and oxygen atoms in total. The van der Waals surface area contributed by atoms with Crippen LogP contribution in [0.25, 0.3) is 0 Å². The number of carbonyl (C=O) groups is 1. The van der Waals surface area contributed by atoms with E-state index < -0.39 is 12.2 Å². The molecule has 1 aromatic rings. The smallest absolute Gasteiger partial charge is 0.150 e. The first-order valence-corrected chi connectivity index (χ1v) is 5.86. The molecule has 0 aliphatic heterocycles. The average molecular weight is 269 g/mol. The van der Waals surface area contributed by atoms with E-state index >= 15 is 0 Å². The highest BCUT2D eigenvalue weighted by molar-refractivity contribution is 5.77. The van der Waals surface area contributed by atoms with Crippen molar-refractivity contribution < 1.29 is 24.5 Å². The number of aliphatic hydroxyl groups excluding tert-OH is 2. The SMILES string of the molecule is COc1cc(C=O)cc(OC)c1C(O)C(O)CCN. The van der Waals surface area contributed by atoms with Crippen LogP contribution in [0.3, 0.4) is 0 Å². The topological polar surface area (TPSA) is 102 Å². The fourth-order valence-corrected chi connectivity index (χ4v) is 1.84. The van der Waals surface area contributed by atoms with E-state index in [4.69, 9.17) is 15.2 Å². The lowest BCUT2D eigenvalue weighted by Gasteiger charge is -2.22. The number of rotatable bonds is 7. The minimum absolute atomic E-state index is 0.239. The van der Waals surface area contributed by atoms with Crippen molar-refractivity contribution in [2.75, 3.05) is 20.8 Å². The second-order valence-electron chi connectivity index (χ2n) is 4.05. The van der Waals surface area contributed by atoms with Gasteiger partial charge >= 0.3 is 0 Å². The van der Waals surface area contributed by atoms with Crippen molar-refractivity contribution in [3.8, 4) is 11.5 Å². The maximum Gasteiger partial charge on any atom is 0.150 e. The van der Waals surface area contributed by atoms with Crippen LogP contribution in [0, 0.1) is 0 Å². The largest absolute Gasteiger partial charge is 0.496 e. The number of methoxy groups -OCH3 is 2. The van der Waals surface area contributed by atoms with Crippen molar-refractivity contribution in [1.29, 1.82) is 0 Å². The van der Waals surface area contributed by atoms with Crippen LogP contribution < -0.4 is 15.2 Å². The highest BCUT2D eigenvalue weighted by Crippen LogP contribution is 2.37. The lowest BCUT2D eigenvalue weighted by atomic mass is 9.98. The molecule has 0 amide bonds. The van der Waals surface area contributed by atoms with E-state index in [1.807, 2.05) is 0 Å². The predicted octanol–water partition coefficient (Wildman–Crippen LogP) is 0.259. The maximum absolute atomic E-state index is 10.8. The highest BCUT2D eigenvalue weighted by Gasteiger charge is 2.25. The first-order valence-electron chi connectivity index (χ1n) is 5.86. The Morgan fingerprint density at radius 2 is 1.79 bits per heavy atom. The Morgan fingerprint density at radius 3 is 2.16 bits per heavy atom. The zero-order valence-electron chi connectivity index (χ0n) is 11.0. The number of nitrogens with two attached hydrogens (primary N) is 1. The lowest BCUT2D eigenvalue weighted by Crippen LogP contribution is -2.22. The quantitative estimate of drug-likeness (QED) is 0.614. The molecule has 6 heteroatoms. The number of hydrogen-bond donors (Lipinski definition) is 3. The second-order valence-corrected chi connectivity index (χ2v) is 4.05. The summed E-state index contributed by atoms with van der Waals surface area (Å²) < 4.78 is 10.3. The van der Waals surface area contributed by atoms with Crippen LogP contribution in [0.2, 0.25) is 0 Å². The fraction of sp³-hybridized carbons (Fsp3) is 0.462. The van der Waals surface area contributed by atoms with E-state index in [1.165, 1.54) is 26.4 Å². The van der Waals surface area contributed by atoms with Crippen LogP contribution in [0.4, 0.5) is 0 Å². The predicted molar refractivity (Wildman–Crippen MR) is 69.6 cm³/mol. The molecule has 4 N–H and O–H groups in total. The molecule has 0 fully saturated rings. The van der Waals surface area contributed by atoms with Crippen molar-refractivity contribution in [3.63, 3.8) is 0 Å². The summed E-state index contributed by atoms with van der Waals surface area (Å²) in [5.41, 5.74) is 6.01. The van der Waals surface area contributed by atoms with Gasteiger partial charge < -0.3 is 25.4 Å². The van der Waals surface area contributed by atoms with Crippen molar-refractivity contribution in [3.05, 3.63) is 23.3 Å². The van der Waals surface area contributed by atoms with Crippen molar-refractivity contribution in [2.24, 2.45) is 5.73 Å². The molecule has 1 aromatic carbocycles. The van der Waals surface area contributed by atoms with Gasteiger partial charge in [0, 0.05) is 5.56 Å². The summed E-state index contributed by atoms with van der Waals surface area (Å²) in [6.45, 7) is 0.245. The fourth-order valence-electron chi connectivity index (χ4n) is 1.84. The van der Waals surface area contributed by atoms with E-state index in [-0.39, 0.29) is 24.5 Å². The van der Waals surface area contributed by atoms with E-state index in [9.17, 15) is 15.0 Å². The first kappa shape index (κ1) is 15.4. The number of aliphatic hydroxyl groups is 2. The van der Waals surface area contributed by atoms with Gasteiger partial charge in [0.1, 0.15) is 23.9 Å². The van der Waals surface area contributed by atoms with Gasteiger partial charge in [0.2, 0.25) is 0 Å². The average Bonchev–Trinajstić information content (AvgIpc) is 2.44. The van der Waals surface area contributed by atoms with Gasteiger partial charge in [-0.1, -0.05) is 0 Å². The maximum atomic E-state index is 10.8. The molecule has 0 saturated heterocycles. The molecule has 0 radical (unpaired) electrons. The molecule has 0 bridgehead atoms. The van der Waals surface area contributed by atoms with Crippen LogP contribution in [-0.2, 0) is 0 Å². The Labute approximate surface area is 111 Å². The van der Waals surface area contributed by atoms with Crippen LogP contribution >= 0.6 is 0 Å². The van der Waals surface area contributed by atoms with Gasteiger partial charge in [-0.3, -0.25) is 4.79 Å². The van der Waals surface area contributed by atoms with Crippen molar-refractivity contribution in [1.82, 2.24) is 0 Å². The van der Waals surface area contributed by atoms with Gasteiger partial charge in [0.25, 0.3) is 0 Å². The van der Waals surface area contributed by atoms with E-state index in [0.717, 1.165) is 0 Å². The van der Waals surface area contributed by atoms with Gasteiger partial charge in [0.15, 0.2) is 0 Å². The molecule has 0 aliphatic rings. The molecule has 1 rings (SSSR count). The van der Waals surface area contributed by atoms with Crippen LogP contribution in [-0.4, -0.2) is 43.4 Å². The molecule has 106 valence electrons. The number of carbonyl (C=O) groups excluding carboxylic acids is 1. The second kappa shape index (κ2) is 7.08. The Morgan fingerprint density at radius 1 is 1.26 bits per heavy atom. The van der Waals surface area contributed by atoms with E-state index in [0.29, 0.717) is 17.4 Å². The third-order valence-corrected chi connectivity index (χ3v) is 2.83. The standard InChI is InChI=1S/C13H19NO5/c1-18-10-5-8(7-15)6-11(19-2)12(10)13(17)9(16)3-4-14/h5-7,9,13,16-17H,3-4,14H2,1-2H3. The zero-order chi connectivity index (χ0) is 14.4. The monoisotopic (exact) mass is 269 g/mol. The summed E-state index contributed by atoms with van der Waals surface area (Å²) in [7, 11) is 2.82. The number of ether oxygens (including phenoxy) is 2. The van der Waals surface area contributed by atoms with Crippen LogP contribution in [0.1, 0.15) is 28.4 Å². The summed E-state index contributed by atoms with van der Waals surface area (Å²) in [4.78, 5) is 10.8. The minimum atomic E-state index is -1.20. The summed E-state index contributed by atoms with van der Waals surface area (Å²) in [6, 6.07) is 2.95. The Kier molecular flexibility index (Phi) is 5.75. The van der Waals surface area contributed by atoms with Crippen molar-refractivity contribution in [2.45, 2.75) is 18.6 Å². The van der Waals surface area contributed by atoms with Gasteiger partial charge in [-0.05, 0) is 25.1 Å². The molecule has 0 saturated carbocycles. The van der Waals surface area contributed by atoms with E-state index in [1.54, 1.807) is 0 Å². The molecule has 0 aromatic heterocycles. The summed E-state index contributed by atoms with van der Waals surface area (Å²) in [5, 5.41) is 20.0. The van der Waals surface area contributed by atoms with Gasteiger partial charge in [0.05, 0.1) is 25.9 Å². The number of aldehydes is 1. The summed E-state index contributed by atoms with van der Waals surface area (Å²) in [5.74, 6) is 0.565. The normalized spacial score (nSPS) is 13.7. The Hall–Kier alpha value is -1.63. The van der Waals surface area contributed by atoms with Gasteiger partial charge in [-0.25, -0.2) is 0 Å². The first-order chi connectivity index (χ1) is 9.08. The summed E-state index contributed by atoms with van der Waals surface area (Å²) in [6.07, 6.45) is -1.34.